The van der Waals surface area contributed by atoms with E-state index in [1.807, 2.05) is 0 Å². The largest absolute Gasteiger partial charge is 0.498 e. The Morgan fingerprint density at radius 1 is 1.40 bits per heavy atom. The Morgan fingerprint density at radius 2 is 2.00 bits per heavy atom. The molecule has 4 heteroatoms. The standard InChI is InChI=1S/C11H17F3O/c1-3-15-10(9-5-4-6-9)7-8(2)11(12,13)14/h8H,3-7H2,1-2H3. The Morgan fingerprint density at radius 3 is 2.33 bits per heavy atom. The first-order valence-corrected chi connectivity index (χ1v) is 5.35. The van der Waals surface area contributed by atoms with E-state index in [0.29, 0.717) is 12.4 Å². The van der Waals surface area contributed by atoms with Crippen LogP contribution in [0.1, 0.15) is 39.5 Å². The molecule has 1 nitrogen and oxygen atoms in total. The average molecular weight is 222 g/mol. The smallest absolute Gasteiger partial charge is 0.391 e. The van der Waals surface area contributed by atoms with Crippen molar-refractivity contribution in [1.82, 2.24) is 0 Å². The molecule has 1 fully saturated rings. The van der Waals surface area contributed by atoms with E-state index in [4.69, 9.17) is 4.74 Å². The monoisotopic (exact) mass is 222 g/mol. The van der Waals surface area contributed by atoms with Crippen LogP contribution in [0, 0.1) is 5.92 Å². The van der Waals surface area contributed by atoms with Crippen molar-refractivity contribution in [2.75, 3.05) is 6.61 Å². The fraction of sp³-hybridized carbons (Fsp3) is 0.818. The summed E-state index contributed by atoms with van der Waals surface area (Å²) >= 11 is 0. The molecular weight excluding hydrogens is 205 g/mol. The first-order valence-electron chi connectivity index (χ1n) is 5.35. The van der Waals surface area contributed by atoms with Crippen LogP contribution in [0.25, 0.3) is 0 Å². The first kappa shape index (κ1) is 12.4. The van der Waals surface area contributed by atoms with Crippen LogP contribution in [0.2, 0.25) is 0 Å². The third kappa shape index (κ3) is 3.43. The second-order valence-corrected chi connectivity index (χ2v) is 3.96. The lowest BCUT2D eigenvalue weighted by Gasteiger charge is -2.24. The van der Waals surface area contributed by atoms with Gasteiger partial charge in [0.05, 0.1) is 18.3 Å². The number of alkyl halides is 3. The molecule has 15 heavy (non-hydrogen) atoms. The van der Waals surface area contributed by atoms with E-state index in [9.17, 15) is 13.2 Å². The number of hydrogen-bond acceptors (Lipinski definition) is 1. The minimum atomic E-state index is -4.12. The molecule has 0 aromatic carbocycles. The topological polar surface area (TPSA) is 9.23 Å². The summed E-state index contributed by atoms with van der Waals surface area (Å²) in [5.74, 6) is -0.735. The summed E-state index contributed by atoms with van der Waals surface area (Å²) < 4.78 is 42.4. The zero-order valence-corrected chi connectivity index (χ0v) is 9.16. The molecule has 0 amide bonds. The van der Waals surface area contributed by atoms with Gasteiger partial charge in [-0.3, -0.25) is 0 Å². The summed E-state index contributed by atoms with van der Waals surface area (Å²) in [7, 11) is 0. The van der Waals surface area contributed by atoms with E-state index < -0.39 is 12.1 Å². The van der Waals surface area contributed by atoms with E-state index in [-0.39, 0.29) is 6.42 Å². The highest BCUT2D eigenvalue weighted by atomic mass is 19.4. The van der Waals surface area contributed by atoms with Crippen molar-refractivity contribution in [3.63, 3.8) is 0 Å². The molecule has 0 aliphatic heterocycles. The molecular formula is C11H17F3O. The zero-order valence-electron chi connectivity index (χ0n) is 9.16. The van der Waals surface area contributed by atoms with Crippen molar-refractivity contribution in [3.8, 4) is 0 Å². The molecule has 0 aromatic rings. The van der Waals surface area contributed by atoms with E-state index in [0.717, 1.165) is 24.8 Å². The Hall–Kier alpha value is -0.670. The molecule has 1 unspecified atom stereocenters. The fourth-order valence-electron chi connectivity index (χ4n) is 1.51. The van der Waals surface area contributed by atoms with Gasteiger partial charge in [0.1, 0.15) is 0 Å². The van der Waals surface area contributed by atoms with Crippen molar-refractivity contribution in [3.05, 3.63) is 11.3 Å². The highest BCUT2D eigenvalue weighted by molar-refractivity contribution is 5.15. The van der Waals surface area contributed by atoms with Gasteiger partial charge < -0.3 is 4.74 Å². The second-order valence-electron chi connectivity index (χ2n) is 3.96. The van der Waals surface area contributed by atoms with Crippen LogP contribution >= 0.6 is 0 Å². The minimum Gasteiger partial charge on any atom is -0.498 e. The average Bonchev–Trinajstić information content (AvgIpc) is 1.99. The Balaban J connectivity index is 2.59. The number of allylic oxidation sites excluding steroid dienone is 2. The lowest BCUT2D eigenvalue weighted by Crippen LogP contribution is -2.21. The number of ether oxygens (including phenoxy) is 1. The molecule has 0 bridgehead atoms. The van der Waals surface area contributed by atoms with Gasteiger partial charge >= 0.3 is 6.18 Å². The number of hydrogen-bond donors (Lipinski definition) is 0. The highest BCUT2D eigenvalue weighted by Gasteiger charge is 2.37. The van der Waals surface area contributed by atoms with Crippen LogP contribution in [-0.2, 0) is 4.74 Å². The maximum absolute atomic E-state index is 12.4. The quantitative estimate of drug-likeness (QED) is 0.652. The van der Waals surface area contributed by atoms with Crippen molar-refractivity contribution in [1.29, 1.82) is 0 Å². The Labute approximate surface area is 88.3 Å². The van der Waals surface area contributed by atoms with Gasteiger partial charge in [-0.25, -0.2) is 0 Å². The van der Waals surface area contributed by atoms with Crippen molar-refractivity contribution >= 4 is 0 Å². The van der Waals surface area contributed by atoms with Crippen molar-refractivity contribution < 1.29 is 17.9 Å². The van der Waals surface area contributed by atoms with Crippen molar-refractivity contribution in [2.24, 2.45) is 5.92 Å². The van der Waals surface area contributed by atoms with E-state index in [1.165, 1.54) is 6.92 Å². The molecule has 0 aromatic heterocycles. The first-order chi connectivity index (χ1) is 6.95. The molecule has 0 N–H and O–H groups in total. The maximum atomic E-state index is 12.4. The van der Waals surface area contributed by atoms with Gasteiger partial charge in [-0.05, 0) is 31.8 Å². The predicted molar refractivity (Wildman–Crippen MR) is 52.3 cm³/mol. The van der Waals surface area contributed by atoms with Gasteiger partial charge in [-0.2, -0.15) is 13.2 Å². The molecule has 0 saturated heterocycles. The third-order valence-corrected chi connectivity index (χ3v) is 2.72. The highest BCUT2D eigenvalue weighted by Crippen LogP contribution is 2.36. The lowest BCUT2D eigenvalue weighted by molar-refractivity contribution is -0.171. The SMILES string of the molecule is CCOC(CC(C)C(F)(F)F)=C1CCC1. The number of rotatable bonds is 4. The molecule has 1 atom stereocenters. The van der Waals surface area contributed by atoms with Gasteiger partial charge in [-0.15, -0.1) is 0 Å². The summed E-state index contributed by atoms with van der Waals surface area (Å²) in [5.41, 5.74) is 1.08. The van der Waals surface area contributed by atoms with Crippen LogP contribution in [-0.4, -0.2) is 12.8 Å². The normalized spacial score (nSPS) is 18.3. The molecule has 0 radical (unpaired) electrons. The van der Waals surface area contributed by atoms with Gasteiger partial charge in [0.25, 0.3) is 0 Å². The van der Waals surface area contributed by atoms with E-state index in [1.54, 1.807) is 6.92 Å². The molecule has 88 valence electrons. The fourth-order valence-corrected chi connectivity index (χ4v) is 1.51. The summed E-state index contributed by atoms with van der Waals surface area (Å²) in [6.45, 7) is 3.46. The van der Waals surface area contributed by atoms with Crippen molar-refractivity contribution in [2.45, 2.75) is 45.7 Å². The summed E-state index contributed by atoms with van der Waals surface area (Å²) in [6.07, 6.45) is -1.24. The predicted octanol–water partition coefficient (Wildman–Crippen LogP) is 4.05. The summed E-state index contributed by atoms with van der Waals surface area (Å²) in [6, 6.07) is 0. The lowest BCUT2D eigenvalue weighted by atomic mass is 9.88. The third-order valence-electron chi connectivity index (χ3n) is 2.72. The Bertz CT molecular complexity index is 237. The molecule has 0 heterocycles. The molecule has 1 aliphatic carbocycles. The molecule has 1 rings (SSSR count). The van der Waals surface area contributed by atoms with Crippen LogP contribution in [0.3, 0.4) is 0 Å². The van der Waals surface area contributed by atoms with Crippen LogP contribution < -0.4 is 0 Å². The summed E-state index contributed by atoms with van der Waals surface area (Å²) in [5, 5.41) is 0. The van der Waals surface area contributed by atoms with Gasteiger partial charge in [0.15, 0.2) is 0 Å². The molecule has 0 spiro atoms. The van der Waals surface area contributed by atoms with Crippen LogP contribution in [0.15, 0.2) is 11.3 Å². The Kier molecular flexibility index (Phi) is 4.05. The molecule has 1 aliphatic rings. The second kappa shape index (κ2) is 4.90. The van der Waals surface area contributed by atoms with E-state index in [2.05, 4.69) is 0 Å². The maximum Gasteiger partial charge on any atom is 0.391 e. The van der Waals surface area contributed by atoms with E-state index >= 15 is 0 Å². The summed E-state index contributed by atoms with van der Waals surface area (Å²) in [4.78, 5) is 0. The van der Waals surface area contributed by atoms with Gasteiger partial charge in [0.2, 0.25) is 0 Å². The van der Waals surface area contributed by atoms with Gasteiger partial charge in [0, 0.05) is 6.42 Å². The van der Waals surface area contributed by atoms with Gasteiger partial charge in [-0.1, -0.05) is 6.92 Å². The number of halogens is 3. The molecule has 1 saturated carbocycles. The van der Waals surface area contributed by atoms with Crippen LogP contribution in [0.4, 0.5) is 13.2 Å². The zero-order chi connectivity index (χ0) is 11.5. The minimum absolute atomic E-state index is 0.00727. The van der Waals surface area contributed by atoms with Crippen LogP contribution in [0.5, 0.6) is 0 Å².